The van der Waals surface area contributed by atoms with Gasteiger partial charge in [0, 0.05) is 77.8 Å². The van der Waals surface area contributed by atoms with Crippen LogP contribution in [0, 0.1) is 5.92 Å². The number of H-pyrrole nitrogens is 1. The average molecular weight is 663 g/mol. The van der Waals surface area contributed by atoms with E-state index in [1.807, 2.05) is 92.8 Å². The molecule has 3 aromatic carbocycles. The SMILES string of the molecule is C[C@H](c1c[nH]c2ccccc12)[C@@H](NC(=O)N1CCC(Oc2ccc(Cl)cc2)CC1)C(=O)N1C[C@@H](CN(C)C)Cc2cc(Cl)ccc21. The number of benzene rings is 3. The number of anilines is 1. The Morgan fingerprint density at radius 2 is 1.74 bits per heavy atom. The highest BCUT2D eigenvalue weighted by molar-refractivity contribution is 6.31. The average Bonchev–Trinajstić information content (AvgIpc) is 3.48. The molecule has 6 rings (SSSR count). The third-order valence-corrected chi connectivity index (χ3v) is 9.66. The summed E-state index contributed by atoms with van der Waals surface area (Å²) in [4.78, 5) is 37.8. The summed E-state index contributed by atoms with van der Waals surface area (Å²) < 4.78 is 6.15. The number of hydrogen-bond donors (Lipinski definition) is 2. The van der Waals surface area contributed by atoms with Crippen LogP contribution in [0.5, 0.6) is 5.75 Å². The van der Waals surface area contributed by atoms with Crippen molar-refractivity contribution in [3.8, 4) is 5.75 Å². The maximum absolute atomic E-state index is 14.8. The molecule has 242 valence electrons. The Morgan fingerprint density at radius 3 is 2.48 bits per heavy atom. The molecule has 0 aliphatic carbocycles. The molecule has 0 radical (unpaired) electrons. The summed E-state index contributed by atoms with van der Waals surface area (Å²) >= 11 is 12.4. The predicted octanol–water partition coefficient (Wildman–Crippen LogP) is 6.97. The third-order valence-electron chi connectivity index (χ3n) is 9.17. The number of fused-ring (bicyclic) bond motifs is 2. The van der Waals surface area contributed by atoms with Crippen molar-refractivity contribution in [1.29, 1.82) is 0 Å². The lowest BCUT2D eigenvalue weighted by Gasteiger charge is -2.39. The summed E-state index contributed by atoms with van der Waals surface area (Å²) in [6.45, 7) is 4.48. The molecule has 1 saturated heterocycles. The van der Waals surface area contributed by atoms with Gasteiger partial charge < -0.3 is 29.7 Å². The number of rotatable bonds is 8. The minimum absolute atomic E-state index is 0.00176. The van der Waals surface area contributed by atoms with Crippen molar-refractivity contribution in [2.75, 3.05) is 45.2 Å². The van der Waals surface area contributed by atoms with Crippen molar-refractivity contribution in [1.82, 2.24) is 20.1 Å². The van der Waals surface area contributed by atoms with E-state index in [0.29, 0.717) is 42.5 Å². The highest BCUT2D eigenvalue weighted by Crippen LogP contribution is 2.35. The number of ether oxygens (including phenoxy) is 1. The first-order chi connectivity index (χ1) is 22.2. The van der Waals surface area contributed by atoms with Crippen LogP contribution in [0.25, 0.3) is 10.9 Å². The molecule has 3 heterocycles. The Bertz CT molecular complexity index is 1680. The predicted molar refractivity (Wildman–Crippen MR) is 185 cm³/mol. The molecule has 4 aromatic rings. The third kappa shape index (κ3) is 7.14. The second-order valence-corrected chi connectivity index (χ2v) is 13.7. The molecule has 0 spiro atoms. The van der Waals surface area contributed by atoms with Crippen molar-refractivity contribution in [2.24, 2.45) is 5.92 Å². The molecule has 10 heteroatoms. The van der Waals surface area contributed by atoms with Crippen molar-refractivity contribution >= 4 is 51.7 Å². The fraction of sp³-hybridized carbons (Fsp3) is 0.389. The van der Waals surface area contributed by atoms with Crippen molar-refractivity contribution in [3.63, 3.8) is 0 Å². The maximum atomic E-state index is 14.8. The number of carbonyl (C=O) groups is 2. The van der Waals surface area contributed by atoms with Gasteiger partial charge in [-0.3, -0.25) is 4.79 Å². The second kappa shape index (κ2) is 14.0. The van der Waals surface area contributed by atoms with Crippen LogP contribution in [0.15, 0.2) is 72.9 Å². The number of aromatic amines is 1. The Hall–Kier alpha value is -3.72. The molecular formula is C36H41Cl2N5O3. The zero-order valence-electron chi connectivity index (χ0n) is 26.5. The molecule has 1 aromatic heterocycles. The maximum Gasteiger partial charge on any atom is 0.318 e. The summed E-state index contributed by atoms with van der Waals surface area (Å²) in [6.07, 6.45) is 4.18. The number of urea groups is 1. The van der Waals surface area contributed by atoms with Crippen LogP contribution in [0.1, 0.15) is 36.8 Å². The lowest BCUT2D eigenvalue weighted by atomic mass is 9.88. The largest absolute Gasteiger partial charge is 0.490 e. The van der Waals surface area contributed by atoms with Crippen LogP contribution >= 0.6 is 23.2 Å². The van der Waals surface area contributed by atoms with E-state index in [0.717, 1.165) is 46.4 Å². The van der Waals surface area contributed by atoms with Crippen LogP contribution < -0.4 is 15.0 Å². The Morgan fingerprint density at radius 1 is 1.02 bits per heavy atom. The normalized spacial score (nSPS) is 18.3. The number of amides is 3. The number of piperidine rings is 1. The van der Waals surface area contributed by atoms with Gasteiger partial charge in [-0.2, -0.15) is 0 Å². The number of halogens is 2. The first kappa shape index (κ1) is 32.2. The van der Waals surface area contributed by atoms with Gasteiger partial charge in [0.05, 0.1) is 0 Å². The Kier molecular flexibility index (Phi) is 9.78. The molecule has 3 amide bonds. The van der Waals surface area contributed by atoms with E-state index in [1.54, 1.807) is 4.90 Å². The Labute approximate surface area is 280 Å². The van der Waals surface area contributed by atoms with Crippen molar-refractivity contribution in [3.05, 3.63) is 94.1 Å². The van der Waals surface area contributed by atoms with Gasteiger partial charge in [0.1, 0.15) is 17.9 Å². The zero-order chi connectivity index (χ0) is 32.4. The number of nitrogens with one attached hydrogen (secondary N) is 2. The van der Waals surface area contributed by atoms with Crippen LogP contribution in [-0.2, 0) is 11.2 Å². The van der Waals surface area contributed by atoms with Gasteiger partial charge in [0.15, 0.2) is 0 Å². The minimum Gasteiger partial charge on any atom is -0.490 e. The highest BCUT2D eigenvalue weighted by atomic mass is 35.5. The standard InChI is InChI=1S/C36H41Cl2N5O3/c1-23(31-20-39-32-7-5-4-6-30(31)32)34(35(44)43-22-24(21-41(2)3)18-25-19-27(38)10-13-33(25)43)40-36(45)42-16-14-29(15-17-42)46-28-11-8-26(37)9-12-28/h4-13,19-20,23-24,29,34,39H,14-18,21-22H2,1-3H3,(H,40,45)/t23-,24-,34-/m1/s1. The van der Waals surface area contributed by atoms with E-state index in [1.165, 1.54) is 0 Å². The van der Waals surface area contributed by atoms with Gasteiger partial charge in [0.2, 0.25) is 5.91 Å². The molecule has 46 heavy (non-hydrogen) atoms. The molecule has 0 unspecified atom stereocenters. The van der Waals surface area contributed by atoms with Crippen LogP contribution in [0.2, 0.25) is 10.0 Å². The fourth-order valence-corrected chi connectivity index (χ4v) is 7.21. The number of para-hydroxylation sites is 1. The van der Waals surface area contributed by atoms with Crippen molar-refractivity contribution in [2.45, 2.75) is 44.2 Å². The number of likely N-dealkylation sites (tertiary alicyclic amines) is 1. The van der Waals surface area contributed by atoms with Gasteiger partial charge in [-0.1, -0.05) is 48.3 Å². The van der Waals surface area contributed by atoms with Gasteiger partial charge in [-0.15, -0.1) is 0 Å². The van der Waals surface area contributed by atoms with E-state index in [4.69, 9.17) is 27.9 Å². The van der Waals surface area contributed by atoms with Gasteiger partial charge in [-0.05, 0) is 86.1 Å². The molecule has 2 N–H and O–H groups in total. The number of nitrogens with zero attached hydrogens (tertiary/aromatic N) is 3. The molecule has 0 saturated carbocycles. The summed E-state index contributed by atoms with van der Waals surface area (Å²) in [5.74, 6) is 0.563. The lowest BCUT2D eigenvalue weighted by Crippen LogP contribution is -2.57. The monoisotopic (exact) mass is 661 g/mol. The smallest absolute Gasteiger partial charge is 0.318 e. The summed E-state index contributed by atoms with van der Waals surface area (Å²) in [6, 6.07) is 20.1. The minimum atomic E-state index is -0.795. The lowest BCUT2D eigenvalue weighted by molar-refractivity contribution is -0.121. The molecule has 2 aliphatic rings. The number of aromatic nitrogens is 1. The topological polar surface area (TPSA) is 80.9 Å². The summed E-state index contributed by atoms with van der Waals surface area (Å²) in [5, 5.41) is 5.55. The quantitative estimate of drug-likeness (QED) is 0.214. The van der Waals surface area contributed by atoms with Crippen LogP contribution in [0.3, 0.4) is 0 Å². The second-order valence-electron chi connectivity index (χ2n) is 12.8. The van der Waals surface area contributed by atoms with Gasteiger partial charge in [-0.25, -0.2) is 4.79 Å². The summed E-state index contributed by atoms with van der Waals surface area (Å²) in [5.41, 5.74) is 3.89. The molecular weight excluding hydrogens is 621 g/mol. The molecule has 1 fully saturated rings. The first-order valence-corrected chi connectivity index (χ1v) is 16.7. The van der Waals surface area contributed by atoms with E-state index >= 15 is 0 Å². The van der Waals surface area contributed by atoms with Gasteiger partial charge in [0.25, 0.3) is 0 Å². The number of hydrogen-bond acceptors (Lipinski definition) is 4. The van der Waals surface area contributed by atoms with Crippen LogP contribution in [0.4, 0.5) is 10.5 Å². The van der Waals surface area contributed by atoms with E-state index in [9.17, 15) is 9.59 Å². The van der Waals surface area contributed by atoms with E-state index in [-0.39, 0.29) is 29.9 Å². The molecule has 2 aliphatic heterocycles. The zero-order valence-corrected chi connectivity index (χ0v) is 28.0. The highest BCUT2D eigenvalue weighted by Gasteiger charge is 2.38. The van der Waals surface area contributed by atoms with Crippen molar-refractivity contribution < 1.29 is 14.3 Å². The molecule has 3 atom stereocenters. The van der Waals surface area contributed by atoms with E-state index < -0.39 is 6.04 Å². The molecule has 0 bridgehead atoms. The van der Waals surface area contributed by atoms with Gasteiger partial charge >= 0.3 is 6.03 Å². The first-order valence-electron chi connectivity index (χ1n) is 15.9. The summed E-state index contributed by atoms with van der Waals surface area (Å²) in [7, 11) is 4.09. The number of carbonyl (C=O) groups excluding carboxylic acids is 2. The Balaban J connectivity index is 1.24. The van der Waals surface area contributed by atoms with Crippen LogP contribution in [-0.4, -0.2) is 79.1 Å². The van der Waals surface area contributed by atoms with E-state index in [2.05, 4.69) is 21.3 Å². The fourth-order valence-electron chi connectivity index (χ4n) is 6.89. The molecule has 8 nitrogen and oxygen atoms in total.